The molecule has 0 radical (unpaired) electrons. The molecule has 1 saturated heterocycles. The number of halogens is 1. The van der Waals surface area contributed by atoms with E-state index in [2.05, 4.69) is 29.0 Å². The van der Waals surface area contributed by atoms with E-state index in [4.69, 9.17) is 17.3 Å². The van der Waals surface area contributed by atoms with Crippen LogP contribution in [0.2, 0.25) is 5.02 Å². The number of piperidine rings is 1. The first-order valence-electron chi connectivity index (χ1n) is 9.29. The molecule has 2 N–H and O–H groups in total. The SMILES string of the molecule is C=CC1=C(C=C)N(CCCN2CCC(C(N)=O)CC2)c2cc(Cl)ccc2S1. The van der Waals surface area contributed by atoms with Crippen LogP contribution in [0.3, 0.4) is 0 Å². The van der Waals surface area contributed by atoms with Crippen molar-refractivity contribution in [2.75, 3.05) is 31.1 Å². The van der Waals surface area contributed by atoms with Crippen LogP contribution in [0.4, 0.5) is 5.69 Å². The lowest BCUT2D eigenvalue weighted by atomic mass is 9.96. The largest absolute Gasteiger partial charge is 0.369 e. The van der Waals surface area contributed by atoms with Crippen LogP contribution in [0.1, 0.15) is 19.3 Å². The number of anilines is 1. The van der Waals surface area contributed by atoms with Crippen molar-refractivity contribution in [2.45, 2.75) is 24.2 Å². The number of thioether (sulfide) groups is 1. The lowest BCUT2D eigenvalue weighted by molar-refractivity contribution is -0.123. The van der Waals surface area contributed by atoms with Gasteiger partial charge in [-0.3, -0.25) is 4.79 Å². The summed E-state index contributed by atoms with van der Waals surface area (Å²) >= 11 is 7.96. The van der Waals surface area contributed by atoms with Gasteiger partial charge in [-0.2, -0.15) is 0 Å². The zero-order valence-electron chi connectivity index (χ0n) is 15.5. The molecule has 0 spiro atoms. The third kappa shape index (κ3) is 4.60. The van der Waals surface area contributed by atoms with Crippen LogP contribution in [-0.4, -0.2) is 37.0 Å². The molecule has 144 valence electrons. The summed E-state index contributed by atoms with van der Waals surface area (Å²) < 4.78 is 0. The first-order valence-corrected chi connectivity index (χ1v) is 10.5. The highest BCUT2D eigenvalue weighted by atomic mass is 35.5. The van der Waals surface area contributed by atoms with Crippen LogP contribution in [0.5, 0.6) is 0 Å². The van der Waals surface area contributed by atoms with Gasteiger partial charge < -0.3 is 15.5 Å². The molecule has 0 unspecified atom stereocenters. The number of allylic oxidation sites excluding steroid dienone is 2. The minimum absolute atomic E-state index is 0.0415. The molecular formula is C21H26ClN3OS. The number of carbonyl (C=O) groups excluding carboxylic acids is 1. The Balaban J connectivity index is 1.67. The Hall–Kier alpha value is -1.69. The van der Waals surface area contributed by atoms with E-state index < -0.39 is 0 Å². The van der Waals surface area contributed by atoms with Crippen LogP contribution in [0.15, 0.2) is 59.0 Å². The number of hydrogen-bond acceptors (Lipinski definition) is 4. The van der Waals surface area contributed by atoms with Crippen LogP contribution < -0.4 is 10.6 Å². The van der Waals surface area contributed by atoms with Crippen molar-refractivity contribution in [3.05, 3.63) is 59.1 Å². The molecule has 6 heteroatoms. The summed E-state index contributed by atoms with van der Waals surface area (Å²) in [6.45, 7) is 11.7. The Labute approximate surface area is 170 Å². The normalized spacial score (nSPS) is 18.3. The lowest BCUT2D eigenvalue weighted by Crippen LogP contribution is -2.39. The standard InChI is InChI=1S/C21H26ClN3OS/c1-3-17-19(4-2)27-20-7-6-16(22)14-18(20)25(17)11-5-10-24-12-8-15(9-13-24)21(23)26/h3-4,6-7,14-15H,1-2,5,8-13H2,(H2,23,26). The van der Waals surface area contributed by atoms with Gasteiger partial charge >= 0.3 is 0 Å². The van der Waals surface area contributed by atoms with Gasteiger partial charge in [-0.05, 0) is 63.2 Å². The van der Waals surface area contributed by atoms with Crippen LogP contribution >= 0.6 is 23.4 Å². The number of benzene rings is 1. The number of carbonyl (C=O) groups is 1. The fourth-order valence-corrected chi connectivity index (χ4v) is 4.91. The van der Waals surface area contributed by atoms with Crippen LogP contribution in [-0.2, 0) is 4.79 Å². The van der Waals surface area contributed by atoms with Gasteiger partial charge in [0.25, 0.3) is 0 Å². The van der Waals surface area contributed by atoms with E-state index in [1.54, 1.807) is 11.8 Å². The second-order valence-corrected chi connectivity index (χ2v) is 8.42. The third-order valence-corrected chi connectivity index (χ3v) is 6.60. The monoisotopic (exact) mass is 403 g/mol. The fourth-order valence-electron chi connectivity index (χ4n) is 3.71. The van der Waals surface area contributed by atoms with Gasteiger partial charge in [-0.15, -0.1) is 0 Å². The molecule has 0 atom stereocenters. The Morgan fingerprint density at radius 2 is 2.00 bits per heavy atom. The Morgan fingerprint density at radius 3 is 2.63 bits per heavy atom. The Bertz CT molecular complexity index is 769. The smallest absolute Gasteiger partial charge is 0.220 e. The first-order chi connectivity index (χ1) is 13.0. The molecule has 4 nitrogen and oxygen atoms in total. The van der Waals surface area contributed by atoms with Gasteiger partial charge in [0.05, 0.1) is 11.4 Å². The number of nitrogens with two attached hydrogens (primary N) is 1. The highest BCUT2D eigenvalue weighted by Gasteiger charge is 2.25. The molecule has 1 aromatic rings. The van der Waals surface area contributed by atoms with E-state index in [9.17, 15) is 4.79 Å². The summed E-state index contributed by atoms with van der Waals surface area (Å²) in [5.41, 5.74) is 7.63. The van der Waals surface area contributed by atoms with E-state index >= 15 is 0 Å². The predicted octanol–water partition coefficient (Wildman–Crippen LogP) is 4.42. The van der Waals surface area contributed by atoms with Crippen molar-refractivity contribution in [1.82, 2.24) is 4.90 Å². The number of amides is 1. The summed E-state index contributed by atoms with van der Waals surface area (Å²) in [5.74, 6) is -0.119. The van der Waals surface area contributed by atoms with Gasteiger partial charge in [0.2, 0.25) is 5.91 Å². The van der Waals surface area contributed by atoms with E-state index in [0.29, 0.717) is 0 Å². The van der Waals surface area contributed by atoms with E-state index in [1.807, 2.05) is 24.3 Å². The van der Waals surface area contributed by atoms with Crippen LogP contribution in [0.25, 0.3) is 0 Å². The highest BCUT2D eigenvalue weighted by Crippen LogP contribution is 2.45. The molecule has 1 fully saturated rings. The first kappa shape index (κ1) is 20.1. The van der Waals surface area contributed by atoms with Crippen molar-refractivity contribution in [3.63, 3.8) is 0 Å². The van der Waals surface area contributed by atoms with Gasteiger partial charge in [-0.25, -0.2) is 0 Å². The molecule has 0 aromatic heterocycles. The molecule has 1 amide bonds. The topological polar surface area (TPSA) is 49.6 Å². The van der Waals surface area contributed by atoms with Crippen molar-refractivity contribution in [3.8, 4) is 0 Å². The molecule has 2 heterocycles. The molecule has 0 aliphatic carbocycles. The van der Waals surface area contributed by atoms with Crippen molar-refractivity contribution in [1.29, 1.82) is 0 Å². The zero-order valence-corrected chi connectivity index (χ0v) is 17.1. The maximum absolute atomic E-state index is 11.3. The van der Waals surface area contributed by atoms with E-state index in [1.165, 1.54) is 4.90 Å². The van der Waals surface area contributed by atoms with E-state index in [-0.39, 0.29) is 11.8 Å². The van der Waals surface area contributed by atoms with Gasteiger partial charge in [0.1, 0.15) is 0 Å². The quantitative estimate of drug-likeness (QED) is 0.731. The maximum Gasteiger partial charge on any atom is 0.220 e. The third-order valence-electron chi connectivity index (χ3n) is 5.20. The minimum atomic E-state index is -0.160. The number of likely N-dealkylation sites (tertiary alicyclic amines) is 1. The zero-order chi connectivity index (χ0) is 19.4. The number of primary amides is 1. The molecule has 2 aliphatic heterocycles. The number of nitrogens with zero attached hydrogens (tertiary/aromatic N) is 2. The maximum atomic E-state index is 11.3. The Kier molecular flexibility index (Phi) is 6.68. The highest BCUT2D eigenvalue weighted by molar-refractivity contribution is 8.03. The molecule has 1 aromatic carbocycles. The summed E-state index contributed by atoms with van der Waals surface area (Å²) in [4.78, 5) is 18.3. The molecule has 0 bridgehead atoms. The second kappa shape index (κ2) is 9.00. The molecule has 27 heavy (non-hydrogen) atoms. The summed E-state index contributed by atoms with van der Waals surface area (Å²) in [6.07, 6.45) is 6.53. The van der Waals surface area contributed by atoms with Gasteiger partial charge in [0, 0.05) is 27.3 Å². The molecular weight excluding hydrogens is 378 g/mol. The average Bonchev–Trinajstić information content (AvgIpc) is 2.68. The summed E-state index contributed by atoms with van der Waals surface area (Å²) in [7, 11) is 0. The summed E-state index contributed by atoms with van der Waals surface area (Å²) in [5, 5.41) is 0.735. The molecule has 3 rings (SSSR count). The van der Waals surface area contributed by atoms with Gasteiger partial charge in [0.15, 0.2) is 0 Å². The van der Waals surface area contributed by atoms with Crippen molar-refractivity contribution in [2.24, 2.45) is 11.7 Å². The molecule has 0 saturated carbocycles. The second-order valence-electron chi connectivity index (χ2n) is 6.90. The van der Waals surface area contributed by atoms with Crippen LogP contribution in [0, 0.1) is 5.92 Å². The minimum Gasteiger partial charge on any atom is -0.369 e. The van der Waals surface area contributed by atoms with E-state index in [0.717, 1.165) is 66.8 Å². The summed E-state index contributed by atoms with van der Waals surface area (Å²) in [6, 6.07) is 6.01. The number of fused-ring (bicyclic) bond motifs is 1. The average molecular weight is 404 g/mol. The van der Waals surface area contributed by atoms with Crippen molar-refractivity contribution < 1.29 is 4.79 Å². The van der Waals surface area contributed by atoms with Gasteiger partial charge in [-0.1, -0.05) is 42.6 Å². The molecule has 2 aliphatic rings. The predicted molar refractivity (Wildman–Crippen MR) is 115 cm³/mol. The van der Waals surface area contributed by atoms with Crippen molar-refractivity contribution >= 4 is 35.0 Å². The number of hydrogen-bond donors (Lipinski definition) is 1. The Morgan fingerprint density at radius 1 is 1.26 bits per heavy atom. The number of rotatable bonds is 7. The fraction of sp³-hybridized carbons (Fsp3) is 0.381. The lowest BCUT2D eigenvalue weighted by Gasteiger charge is -2.35.